The first-order chi connectivity index (χ1) is 18.0. The molecule has 6 atom stereocenters. The lowest BCUT2D eigenvalue weighted by atomic mass is 9.48. The van der Waals surface area contributed by atoms with Gasteiger partial charge in [-0.25, -0.2) is 4.79 Å². The van der Waals surface area contributed by atoms with E-state index >= 15 is 0 Å². The van der Waals surface area contributed by atoms with E-state index in [0.717, 1.165) is 42.5 Å². The molecule has 4 bridgehead atoms. The quantitative estimate of drug-likeness (QED) is 0.406. The number of hydrogen-bond donors (Lipinski definition) is 4. The molecule has 0 aromatic heterocycles. The van der Waals surface area contributed by atoms with Gasteiger partial charge in [0.25, 0.3) is 0 Å². The second-order valence-electron chi connectivity index (χ2n) is 11.8. The van der Waals surface area contributed by atoms with Gasteiger partial charge in [-0.3, -0.25) is 9.59 Å². The molecule has 8 nitrogen and oxygen atoms in total. The Morgan fingerprint density at radius 3 is 2.53 bits per heavy atom. The number of carbonyl (C=O) groups is 3. The number of carbonyl (C=O) groups excluding carboxylic acids is 2. The van der Waals surface area contributed by atoms with E-state index in [2.05, 4.69) is 24.4 Å². The Morgan fingerprint density at radius 2 is 1.84 bits per heavy atom. The van der Waals surface area contributed by atoms with Crippen LogP contribution in [0.4, 0.5) is 5.69 Å². The summed E-state index contributed by atoms with van der Waals surface area (Å²) in [4.78, 5) is 38.2. The van der Waals surface area contributed by atoms with Crippen molar-refractivity contribution in [3.63, 3.8) is 0 Å². The number of anilines is 1. The number of phenols is 2. The summed E-state index contributed by atoms with van der Waals surface area (Å²) in [6.45, 7) is 4.13. The molecular formula is C30H31NO7. The summed E-state index contributed by atoms with van der Waals surface area (Å²) in [6.07, 6.45) is 4.63. The molecule has 2 saturated heterocycles. The van der Waals surface area contributed by atoms with Crippen LogP contribution < -0.4 is 5.32 Å². The summed E-state index contributed by atoms with van der Waals surface area (Å²) in [5.41, 5.74) is 0.0795. The Kier molecular flexibility index (Phi) is 5.31. The average molecular weight is 518 g/mol. The van der Waals surface area contributed by atoms with Crippen LogP contribution in [0.1, 0.15) is 61.9 Å². The largest absolute Gasteiger partial charge is 0.506 e. The van der Waals surface area contributed by atoms with Crippen LogP contribution in [0.5, 0.6) is 11.5 Å². The predicted molar refractivity (Wildman–Crippen MR) is 139 cm³/mol. The topological polar surface area (TPSA) is 133 Å². The third-order valence-electron chi connectivity index (χ3n) is 9.71. The van der Waals surface area contributed by atoms with Crippen molar-refractivity contribution in [1.82, 2.24) is 0 Å². The minimum atomic E-state index is -1.38. The fraction of sp³-hybridized carbons (Fsp3) is 0.433. The molecule has 5 unspecified atom stereocenters. The van der Waals surface area contributed by atoms with Gasteiger partial charge < -0.3 is 25.4 Å². The van der Waals surface area contributed by atoms with Crippen LogP contribution in [0.3, 0.4) is 0 Å². The number of carboxylic acid groups (broad SMARTS) is 1. The number of carboxylic acids is 1. The molecule has 4 fully saturated rings. The highest BCUT2D eigenvalue weighted by atomic mass is 16.5. The van der Waals surface area contributed by atoms with Crippen molar-refractivity contribution >= 4 is 28.9 Å². The highest BCUT2D eigenvalue weighted by Crippen LogP contribution is 2.74. The van der Waals surface area contributed by atoms with Gasteiger partial charge in [-0.05, 0) is 67.9 Å². The predicted octanol–water partition coefficient (Wildman–Crippen LogP) is 4.76. The lowest BCUT2D eigenvalue weighted by Crippen LogP contribution is -2.57. The van der Waals surface area contributed by atoms with E-state index in [0.29, 0.717) is 5.92 Å². The maximum atomic E-state index is 13.9. The maximum Gasteiger partial charge on any atom is 0.339 e. The van der Waals surface area contributed by atoms with E-state index in [1.54, 1.807) is 6.08 Å². The Balaban J connectivity index is 1.31. The van der Waals surface area contributed by atoms with E-state index in [-0.39, 0.29) is 47.4 Å². The molecule has 2 aliphatic heterocycles. The molecule has 4 N–H and O–H groups in total. The third-order valence-corrected chi connectivity index (χ3v) is 9.71. The number of hydrogen-bond acceptors (Lipinski definition) is 6. The second-order valence-corrected chi connectivity index (χ2v) is 11.8. The molecule has 2 aromatic carbocycles. The van der Waals surface area contributed by atoms with Gasteiger partial charge in [0.05, 0.1) is 11.7 Å². The molecule has 1 amide bonds. The standard InChI is InChI=1S/C30H31NO7/c1-28(11-10-23(34)31-24-20(32)9-8-18(25(24)35)27(36)37)22(33)13-19(16-6-4-3-5-7-16)30-14-17-12-21(26(28)30)38-29(17,2)15-30/h3-9,13,17,21,26,32,35H,10-12,14-15H2,1-2H3,(H,31,34)(H,36,37)/t17?,21?,26?,28-,29?,30?/m1/s1. The molecule has 38 heavy (non-hydrogen) atoms. The van der Waals surface area contributed by atoms with Gasteiger partial charge >= 0.3 is 5.97 Å². The van der Waals surface area contributed by atoms with Crippen molar-refractivity contribution < 1.29 is 34.4 Å². The summed E-state index contributed by atoms with van der Waals surface area (Å²) in [5, 5.41) is 32.1. The number of aromatic carboxylic acids is 1. The average Bonchev–Trinajstić information content (AvgIpc) is 3.24. The smallest absolute Gasteiger partial charge is 0.339 e. The fourth-order valence-electron chi connectivity index (χ4n) is 8.14. The number of ketones is 1. The molecule has 3 aliphatic carbocycles. The van der Waals surface area contributed by atoms with Crippen LogP contribution in [0, 0.1) is 22.7 Å². The number of aromatic hydroxyl groups is 2. The monoisotopic (exact) mass is 517 g/mol. The zero-order valence-corrected chi connectivity index (χ0v) is 21.4. The van der Waals surface area contributed by atoms with Crippen molar-refractivity contribution in [3.8, 4) is 11.5 Å². The SMILES string of the molecule is CC12CC34CC1CC(O2)C3[C@](C)(CCC(=O)Nc1c(O)ccc(C(=O)O)c1O)C(=O)C=C4c1ccccc1. The van der Waals surface area contributed by atoms with Gasteiger partial charge in [0.2, 0.25) is 5.91 Å². The van der Waals surface area contributed by atoms with Crippen molar-refractivity contribution in [3.05, 3.63) is 59.7 Å². The van der Waals surface area contributed by atoms with Gasteiger partial charge in [0.15, 0.2) is 11.5 Å². The maximum absolute atomic E-state index is 13.9. The van der Waals surface area contributed by atoms with Crippen molar-refractivity contribution in [1.29, 1.82) is 0 Å². The molecule has 7 rings (SSSR count). The summed E-state index contributed by atoms with van der Waals surface area (Å²) in [7, 11) is 0. The summed E-state index contributed by atoms with van der Waals surface area (Å²) >= 11 is 0. The molecule has 8 heteroatoms. The van der Waals surface area contributed by atoms with Crippen LogP contribution in [-0.4, -0.2) is 44.7 Å². The van der Waals surface area contributed by atoms with Crippen LogP contribution in [0.25, 0.3) is 5.57 Å². The molecule has 198 valence electrons. The fourth-order valence-corrected chi connectivity index (χ4v) is 8.14. The minimum Gasteiger partial charge on any atom is -0.506 e. The molecule has 2 saturated carbocycles. The van der Waals surface area contributed by atoms with Gasteiger partial charge in [-0.1, -0.05) is 37.3 Å². The van der Waals surface area contributed by atoms with Crippen LogP contribution in [0.2, 0.25) is 0 Å². The van der Waals surface area contributed by atoms with Gasteiger partial charge in [0.1, 0.15) is 17.0 Å². The number of ether oxygens (including phenoxy) is 1. The summed E-state index contributed by atoms with van der Waals surface area (Å²) in [6, 6.07) is 12.2. The van der Waals surface area contributed by atoms with Crippen molar-refractivity contribution in [2.45, 2.75) is 57.7 Å². The number of amides is 1. The number of rotatable bonds is 6. The van der Waals surface area contributed by atoms with E-state index in [9.17, 15) is 29.7 Å². The Morgan fingerprint density at radius 1 is 1.11 bits per heavy atom. The Labute approximate surface area is 220 Å². The third kappa shape index (κ3) is 3.35. The molecule has 0 radical (unpaired) electrons. The highest BCUT2D eigenvalue weighted by molar-refractivity contribution is 6.05. The first kappa shape index (κ1) is 24.7. The lowest BCUT2D eigenvalue weighted by molar-refractivity contribution is -0.166. The lowest BCUT2D eigenvalue weighted by Gasteiger charge is -2.57. The molecular weight excluding hydrogens is 486 g/mol. The number of nitrogens with one attached hydrogen (secondary N) is 1. The van der Waals surface area contributed by atoms with E-state index in [1.807, 2.05) is 25.1 Å². The zero-order chi connectivity index (χ0) is 27.0. The highest BCUT2D eigenvalue weighted by Gasteiger charge is 2.73. The molecule has 2 heterocycles. The van der Waals surface area contributed by atoms with Gasteiger partial charge in [-0.15, -0.1) is 0 Å². The normalized spacial score (nSPS) is 34.6. The minimum absolute atomic E-state index is 0.0269. The van der Waals surface area contributed by atoms with Gasteiger partial charge in [-0.2, -0.15) is 0 Å². The second kappa shape index (κ2) is 8.17. The van der Waals surface area contributed by atoms with E-state index in [1.165, 1.54) is 0 Å². The molecule has 2 aromatic rings. The van der Waals surface area contributed by atoms with Crippen molar-refractivity contribution in [2.24, 2.45) is 22.7 Å². The number of allylic oxidation sites excluding steroid dienone is 2. The van der Waals surface area contributed by atoms with Crippen LogP contribution in [0.15, 0.2) is 48.5 Å². The Bertz CT molecular complexity index is 1400. The molecule has 1 spiro atoms. The molecule has 5 aliphatic rings. The van der Waals surface area contributed by atoms with E-state index in [4.69, 9.17) is 4.74 Å². The summed E-state index contributed by atoms with van der Waals surface area (Å²) in [5.74, 6) is -2.75. The van der Waals surface area contributed by atoms with Gasteiger partial charge in [0, 0.05) is 23.2 Å². The number of benzene rings is 2. The zero-order valence-electron chi connectivity index (χ0n) is 21.4. The first-order valence-corrected chi connectivity index (χ1v) is 13.1. The Hall–Kier alpha value is -3.65. The summed E-state index contributed by atoms with van der Waals surface area (Å²) < 4.78 is 6.60. The first-order valence-electron chi connectivity index (χ1n) is 13.1. The van der Waals surface area contributed by atoms with Crippen LogP contribution >= 0.6 is 0 Å². The van der Waals surface area contributed by atoms with Crippen LogP contribution in [-0.2, 0) is 14.3 Å². The van der Waals surface area contributed by atoms with E-state index < -0.39 is 34.4 Å². The van der Waals surface area contributed by atoms with Crippen molar-refractivity contribution in [2.75, 3.05) is 5.32 Å². The number of phenolic OH excluding ortho intramolecular Hbond substituents is 1.